The zero-order valence-electron chi connectivity index (χ0n) is 17.6. The Kier molecular flexibility index (Phi) is 7.29. The van der Waals surface area contributed by atoms with Gasteiger partial charge in [-0.15, -0.1) is 0 Å². The summed E-state index contributed by atoms with van der Waals surface area (Å²) in [6, 6.07) is 13.0. The second-order valence-corrected chi connectivity index (χ2v) is 9.19. The summed E-state index contributed by atoms with van der Waals surface area (Å²) in [7, 11) is -2.20. The molecule has 1 heterocycles. The molecule has 1 aliphatic heterocycles. The van der Waals surface area contributed by atoms with E-state index in [1.165, 1.54) is 23.5 Å². The Balaban J connectivity index is 1.59. The summed E-state index contributed by atoms with van der Waals surface area (Å²) >= 11 is 0. The number of aryl methyl sites for hydroxylation is 1. The minimum absolute atomic E-state index is 0.0659. The highest BCUT2D eigenvalue weighted by Gasteiger charge is 2.35. The van der Waals surface area contributed by atoms with Crippen molar-refractivity contribution < 1.29 is 22.7 Å². The van der Waals surface area contributed by atoms with Crippen molar-refractivity contribution in [3.05, 3.63) is 54.1 Å². The lowest BCUT2D eigenvalue weighted by molar-refractivity contribution is -0.136. The third-order valence-electron chi connectivity index (χ3n) is 5.31. The maximum atomic E-state index is 13.0. The van der Waals surface area contributed by atoms with Crippen molar-refractivity contribution >= 4 is 27.5 Å². The number of rotatable bonds is 7. The molecular formula is C22H27N3O5S. The molecule has 1 fully saturated rings. The minimum Gasteiger partial charge on any atom is -0.497 e. The maximum Gasteiger partial charge on any atom is 0.313 e. The van der Waals surface area contributed by atoms with Gasteiger partial charge in [-0.2, -0.15) is 4.31 Å². The van der Waals surface area contributed by atoms with Gasteiger partial charge in [-0.05, 0) is 61.2 Å². The van der Waals surface area contributed by atoms with Crippen LogP contribution in [-0.2, 0) is 26.0 Å². The zero-order chi connectivity index (χ0) is 22.4. The zero-order valence-corrected chi connectivity index (χ0v) is 18.4. The summed E-state index contributed by atoms with van der Waals surface area (Å²) in [4.78, 5) is 24.6. The molecule has 2 amide bonds. The smallest absolute Gasteiger partial charge is 0.313 e. The van der Waals surface area contributed by atoms with E-state index in [9.17, 15) is 18.0 Å². The van der Waals surface area contributed by atoms with Crippen LogP contribution in [0.1, 0.15) is 25.3 Å². The molecule has 0 saturated carbocycles. The van der Waals surface area contributed by atoms with Gasteiger partial charge in [-0.25, -0.2) is 8.42 Å². The second kappa shape index (κ2) is 9.93. The highest BCUT2D eigenvalue weighted by Crippen LogP contribution is 2.26. The van der Waals surface area contributed by atoms with Gasteiger partial charge in [0, 0.05) is 24.8 Å². The molecule has 0 aromatic heterocycles. The predicted octanol–water partition coefficient (Wildman–Crippen LogP) is 2.17. The summed E-state index contributed by atoms with van der Waals surface area (Å²) in [6.07, 6.45) is 2.17. The van der Waals surface area contributed by atoms with Gasteiger partial charge in [0.1, 0.15) is 5.75 Å². The third kappa shape index (κ3) is 5.42. The lowest BCUT2D eigenvalue weighted by atomic mass is 10.1. The average Bonchev–Trinajstić information content (AvgIpc) is 3.27. The standard InChI is InChI=1S/C22H27N3O5S/c1-3-16-6-8-17(9-7-16)24-22(27)21(26)23-15-18-5-4-14-25(18)31(28,29)20-12-10-19(30-2)11-13-20/h6-13,18H,3-5,14-15H2,1-2H3,(H,23,26)(H,24,27). The molecule has 0 spiro atoms. The molecule has 0 aliphatic carbocycles. The first-order valence-corrected chi connectivity index (χ1v) is 11.6. The van der Waals surface area contributed by atoms with Gasteiger partial charge in [0.2, 0.25) is 10.0 Å². The largest absolute Gasteiger partial charge is 0.497 e. The van der Waals surface area contributed by atoms with Crippen molar-refractivity contribution in [1.29, 1.82) is 0 Å². The summed E-state index contributed by atoms with van der Waals surface area (Å²) in [5.41, 5.74) is 1.66. The number of methoxy groups -OCH3 is 1. The number of benzene rings is 2. The number of sulfonamides is 1. The molecule has 166 valence electrons. The lowest BCUT2D eigenvalue weighted by Crippen LogP contribution is -2.45. The van der Waals surface area contributed by atoms with E-state index in [2.05, 4.69) is 10.6 Å². The fourth-order valence-corrected chi connectivity index (χ4v) is 5.21. The Hall–Kier alpha value is -2.91. The van der Waals surface area contributed by atoms with Crippen molar-refractivity contribution in [2.45, 2.75) is 37.1 Å². The molecule has 31 heavy (non-hydrogen) atoms. The number of hydrogen-bond acceptors (Lipinski definition) is 5. The molecule has 1 saturated heterocycles. The molecule has 2 aromatic rings. The highest BCUT2D eigenvalue weighted by atomic mass is 32.2. The Labute approximate surface area is 182 Å². The number of nitrogens with one attached hydrogen (secondary N) is 2. The molecule has 2 aromatic carbocycles. The molecule has 3 rings (SSSR count). The molecule has 0 radical (unpaired) electrons. The van der Waals surface area contributed by atoms with E-state index in [4.69, 9.17) is 4.74 Å². The summed E-state index contributed by atoms with van der Waals surface area (Å²) in [5.74, 6) is -1.01. The number of nitrogens with zero attached hydrogens (tertiary/aromatic N) is 1. The fraction of sp³-hybridized carbons (Fsp3) is 0.364. The van der Waals surface area contributed by atoms with Crippen LogP contribution in [0.5, 0.6) is 5.75 Å². The quantitative estimate of drug-likeness (QED) is 0.636. The number of ether oxygens (including phenoxy) is 1. The van der Waals surface area contributed by atoms with E-state index in [0.717, 1.165) is 12.0 Å². The van der Waals surface area contributed by atoms with Gasteiger partial charge in [0.25, 0.3) is 0 Å². The van der Waals surface area contributed by atoms with Crippen LogP contribution in [0.2, 0.25) is 0 Å². The first-order valence-electron chi connectivity index (χ1n) is 10.2. The van der Waals surface area contributed by atoms with Gasteiger partial charge in [-0.1, -0.05) is 19.1 Å². The fourth-order valence-electron chi connectivity index (χ4n) is 3.52. The summed E-state index contributed by atoms with van der Waals surface area (Å²) in [5, 5.41) is 5.11. The molecule has 1 aliphatic rings. The SMILES string of the molecule is CCc1ccc(NC(=O)C(=O)NCC2CCCN2S(=O)(=O)c2ccc(OC)cc2)cc1. The Morgan fingerprint density at radius 2 is 1.74 bits per heavy atom. The van der Waals surface area contributed by atoms with Gasteiger partial charge in [-0.3, -0.25) is 9.59 Å². The lowest BCUT2D eigenvalue weighted by Gasteiger charge is -2.24. The number of carbonyl (C=O) groups is 2. The number of carbonyl (C=O) groups excluding carboxylic acids is 2. The number of anilines is 1. The Morgan fingerprint density at radius 3 is 2.35 bits per heavy atom. The minimum atomic E-state index is -3.71. The van der Waals surface area contributed by atoms with Gasteiger partial charge < -0.3 is 15.4 Å². The Bertz CT molecular complexity index is 1020. The van der Waals surface area contributed by atoms with E-state index in [1.54, 1.807) is 24.3 Å². The van der Waals surface area contributed by atoms with Crippen LogP contribution < -0.4 is 15.4 Å². The van der Waals surface area contributed by atoms with Crippen molar-refractivity contribution in [2.75, 3.05) is 25.5 Å². The van der Waals surface area contributed by atoms with Crippen LogP contribution in [0.3, 0.4) is 0 Å². The molecule has 2 N–H and O–H groups in total. The van der Waals surface area contributed by atoms with Gasteiger partial charge >= 0.3 is 11.8 Å². The van der Waals surface area contributed by atoms with Gasteiger partial charge in [0.15, 0.2) is 0 Å². The molecule has 1 atom stereocenters. The van der Waals surface area contributed by atoms with E-state index in [1.807, 2.05) is 19.1 Å². The predicted molar refractivity (Wildman–Crippen MR) is 117 cm³/mol. The van der Waals surface area contributed by atoms with Gasteiger partial charge in [0.05, 0.1) is 12.0 Å². The van der Waals surface area contributed by atoms with E-state index in [0.29, 0.717) is 30.8 Å². The highest BCUT2D eigenvalue weighted by molar-refractivity contribution is 7.89. The van der Waals surface area contributed by atoms with Crippen LogP contribution in [0.4, 0.5) is 5.69 Å². The van der Waals surface area contributed by atoms with Crippen LogP contribution in [-0.4, -0.2) is 50.8 Å². The molecule has 8 nitrogen and oxygen atoms in total. The van der Waals surface area contributed by atoms with E-state index < -0.39 is 27.9 Å². The van der Waals surface area contributed by atoms with Crippen LogP contribution in [0.25, 0.3) is 0 Å². The van der Waals surface area contributed by atoms with Crippen molar-refractivity contribution in [3.8, 4) is 5.75 Å². The van der Waals surface area contributed by atoms with Crippen molar-refractivity contribution in [2.24, 2.45) is 0 Å². The van der Waals surface area contributed by atoms with Crippen molar-refractivity contribution in [3.63, 3.8) is 0 Å². The van der Waals surface area contributed by atoms with Crippen LogP contribution >= 0.6 is 0 Å². The first kappa shape index (κ1) is 22.8. The Morgan fingerprint density at radius 1 is 1.06 bits per heavy atom. The monoisotopic (exact) mass is 445 g/mol. The number of hydrogen-bond donors (Lipinski definition) is 2. The number of amides is 2. The average molecular weight is 446 g/mol. The molecular weight excluding hydrogens is 418 g/mol. The van der Waals surface area contributed by atoms with E-state index >= 15 is 0 Å². The topological polar surface area (TPSA) is 105 Å². The second-order valence-electron chi connectivity index (χ2n) is 7.30. The van der Waals surface area contributed by atoms with Crippen LogP contribution in [0.15, 0.2) is 53.4 Å². The molecule has 1 unspecified atom stereocenters. The third-order valence-corrected chi connectivity index (χ3v) is 7.28. The molecule has 0 bridgehead atoms. The van der Waals surface area contributed by atoms with E-state index in [-0.39, 0.29) is 11.4 Å². The van der Waals surface area contributed by atoms with Crippen molar-refractivity contribution in [1.82, 2.24) is 9.62 Å². The maximum absolute atomic E-state index is 13.0. The molecule has 9 heteroatoms. The normalized spacial score (nSPS) is 16.6. The first-order chi connectivity index (χ1) is 14.8. The summed E-state index contributed by atoms with van der Waals surface area (Å²) in [6.45, 7) is 2.46. The summed E-state index contributed by atoms with van der Waals surface area (Å²) < 4.78 is 32.5. The van der Waals surface area contributed by atoms with Crippen LogP contribution in [0, 0.1) is 0 Å².